The number of rotatable bonds is 8. The van der Waals surface area contributed by atoms with Crippen molar-refractivity contribution in [3.8, 4) is 11.5 Å². The number of ketones is 1. The highest BCUT2D eigenvalue weighted by Gasteiger charge is 2.59. The summed E-state index contributed by atoms with van der Waals surface area (Å²) in [6.45, 7) is 4.10. The molecule has 1 fully saturated rings. The van der Waals surface area contributed by atoms with E-state index in [2.05, 4.69) is 11.6 Å². The molecule has 1 amide bonds. The van der Waals surface area contributed by atoms with E-state index in [0.717, 1.165) is 16.7 Å². The number of hydrogen-bond acceptors (Lipinski definition) is 5. The standard InChI is InChI=1S/C27H26N2O4/c1-4-14-27(21-10-6-5-7-11-21)24(19-9-8-15-28-17-19)29(26(31)25(27)30)18-20-12-13-22(32-2)16-23(20)33-3/h4-13,15-17,24H,1,14,18H2,2-3H3/t24-,27+/m0/s1. The number of benzene rings is 2. The van der Waals surface area contributed by atoms with Crippen molar-refractivity contribution in [2.75, 3.05) is 14.2 Å². The Bertz CT molecular complexity index is 1160. The highest BCUT2D eigenvalue weighted by molar-refractivity contribution is 6.42. The maximum absolute atomic E-state index is 13.7. The number of methoxy groups -OCH3 is 2. The molecule has 0 spiro atoms. The van der Waals surface area contributed by atoms with Crippen LogP contribution in [-0.4, -0.2) is 35.8 Å². The number of carbonyl (C=O) groups excluding carboxylic acids is 2. The Hall–Kier alpha value is -3.93. The van der Waals surface area contributed by atoms with Crippen molar-refractivity contribution in [3.05, 3.63) is 102 Å². The Labute approximate surface area is 193 Å². The van der Waals surface area contributed by atoms with Crippen LogP contribution in [0.1, 0.15) is 29.2 Å². The minimum atomic E-state index is -1.11. The third-order valence-electron chi connectivity index (χ3n) is 6.23. The molecule has 1 aliphatic rings. The first-order chi connectivity index (χ1) is 16.1. The molecule has 33 heavy (non-hydrogen) atoms. The fourth-order valence-electron chi connectivity index (χ4n) is 4.73. The number of Topliss-reactive ketones (excluding diaryl/α,β-unsaturated/α-hetero) is 1. The van der Waals surface area contributed by atoms with Crippen LogP contribution in [0.4, 0.5) is 0 Å². The Morgan fingerprint density at radius 3 is 2.48 bits per heavy atom. The van der Waals surface area contributed by atoms with Gasteiger partial charge in [-0.1, -0.05) is 42.5 Å². The number of ether oxygens (including phenoxy) is 2. The SMILES string of the molecule is C=CC[C@]1(c2ccccc2)C(=O)C(=O)N(Cc2ccc(OC)cc2OC)[C@H]1c1cccnc1. The van der Waals surface area contributed by atoms with E-state index in [9.17, 15) is 9.59 Å². The summed E-state index contributed by atoms with van der Waals surface area (Å²) in [4.78, 5) is 33.2. The Morgan fingerprint density at radius 2 is 1.85 bits per heavy atom. The van der Waals surface area contributed by atoms with Gasteiger partial charge < -0.3 is 14.4 Å². The van der Waals surface area contributed by atoms with Gasteiger partial charge in [0.15, 0.2) is 0 Å². The summed E-state index contributed by atoms with van der Waals surface area (Å²) in [5, 5.41) is 0. The predicted molar refractivity (Wildman–Crippen MR) is 125 cm³/mol. The van der Waals surface area contributed by atoms with Gasteiger partial charge in [0.1, 0.15) is 11.5 Å². The van der Waals surface area contributed by atoms with Gasteiger partial charge in [0, 0.05) is 24.0 Å². The van der Waals surface area contributed by atoms with E-state index < -0.39 is 23.1 Å². The Kier molecular flexibility index (Phi) is 6.27. The van der Waals surface area contributed by atoms with Crippen molar-refractivity contribution < 1.29 is 19.1 Å². The lowest BCUT2D eigenvalue weighted by Crippen LogP contribution is -2.38. The lowest BCUT2D eigenvalue weighted by molar-refractivity contribution is -0.141. The highest BCUT2D eigenvalue weighted by Crippen LogP contribution is 2.50. The number of hydrogen-bond donors (Lipinski definition) is 0. The van der Waals surface area contributed by atoms with Gasteiger partial charge in [-0.15, -0.1) is 6.58 Å². The Balaban J connectivity index is 1.89. The number of allylic oxidation sites excluding steroid dienone is 1. The first-order valence-electron chi connectivity index (χ1n) is 10.7. The molecular weight excluding hydrogens is 416 g/mol. The summed E-state index contributed by atoms with van der Waals surface area (Å²) in [5.41, 5.74) is 1.23. The van der Waals surface area contributed by atoms with Crippen LogP contribution in [0.3, 0.4) is 0 Å². The van der Waals surface area contributed by atoms with Crippen LogP contribution in [0.5, 0.6) is 11.5 Å². The number of nitrogens with zero attached hydrogens (tertiary/aromatic N) is 2. The number of likely N-dealkylation sites (tertiary alicyclic amines) is 1. The molecule has 0 radical (unpaired) electrons. The van der Waals surface area contributed by atoms with Gasteiger partial charge in [0.05, 0.1) is 32.2 Å². The van der Waals surface area contributed by atoms with Crippen LogP contribution in [0.15, 0.2) is 85.7 Å². The van der Waals surface area contributed by atoms with Gasteiger partial charge >= 0.3 is 0 Å². The van der Waals surface area contributed by atoms with Crippen LogP contribution < -0.4 is 9.47 Å². The average molecular weight is 443 g/mol. The molecule has 1 aliphatic heterocycles. The Morgan fingerprint density at radius 1 is 1.06 bits per heavy atom. The molecule has 0 bridgehead atoms. The van der Waals surface area contributed by atoms with Crippen LogP contribution in [0, 0.1) is 0 Å². The molecule has 2 aromatic carbocycles. The molecule has 0 aliphatic carbocycles. The third kappa shape index (κ3) is 3.78. The van der Waals surface area contributed by atoms with E-state index in [0.29, 0.717) is 17.9 Å². The minimum absolute atomic E-state index is 0.197. The minimum Gasteiger partial charge on any atom is -0.497 e. The molecule has 6 nitrogen and oxygen atoms in total. The maximum atomic E-state index is 13.7. The first kappa shape index (κ1) is 22.3. The molecule has 0 saturated carbocycles. The van der Waals surface area contributed by atoms with Crippen molar-refractivity contribution >= 4 is 11.7 Å². The molecule has 6 heteroatoms. The van der Waals surface area contributed by atoms with Crippen LogP contribution in [0.25, 0.3) is 0 Å². The topological polar surface area (TPSA) is 68.7 Å². The molecule has 3 aromatic rings. The van der Waals surface area contributed by atoms with Crippen LogP contribution in [0.2, 0.25) is 0 Å². The number of aromatic nitrogens is 1. The zero-order valence-electron chi connectivity index (χ0n) is 18.7. The summed E-state index contributed by atoms with van der Waals surface area (Å²) in [7, 11) is 3.15. The fourth-order valence-corrected chi connectivity index (χ4v) is 4.73. The zero-order valence-corrected chi connectivity index (χ0v) is 18.7. The molecule has 4 rings (SSSR count). The molecule has 0 N–H and O–H groups in total. The van der Waals surface area contributed by atoms with Gasteiger partial charge in [-0.2, -0.15) is 0 Å². The zero-order chi connectivity index (χ0) is 23.4. The summed E-state index contributed by atoms with van der Waals surface area (Å²) < 4.78 is 10.9. The predicted octanol–water partition coefficient (Wildman–Crippen LogP) is 4.27. The van der Waals surface area contributed by atoms with Crippen LogP contribution in [-0.2, 0) is 21.5 Å². The highest BCUT2D eigenvalue weighted by atomic mass is 16.5. The van der Waals surface area contributed by atoms with Gasteiger partial charge in [-0.25, -0.2) is 0 Å². The van der Waals surface area contributed by atoms with Gasteiger partial charge in [-0.05, 0) is 35.7 Å². The lowest BCUT2D eigenvalue weighted by atomic mass is 9.69. The van der Waals surface area contributed by atoms with E-state index in [4.69, 9.17) is 9.47 Å². The normalized spacial score (nSPS) is 20.1. The second-order valence-corrected chi connectivity index (χ2v) is 7.96. The first-order valence-corrected chi connectivity index (χ1v) is 10.7. The summed E-state index contributed by atoms with van der Waals surface area (Å²) in [6, 6.07) is 18.1. The monoisotopic (exact) mass is 442 g/mol. The molecule has 168 valence electrons. The summed E-state index contributed by atoms with van der Waals surface area (Å²) >= 11 is 0. The van der Waals surface area contributed by atoms with E-state index in [1.165, 1.54) is 0 Å². The third-order valence-corrected chi connectivity index (χ3v) is 6.23. The number of amides is 1. The van der Waals surface area contributed by atoms with Crippen molar-refractivity contribution in [2.45, 2.75) is 24.4 Å². The van der Waals surface area contributed by atoms with E-state index >= 15 is 0 Å². The molecule has 1 aromatic heterocycles. The van der Waals surface area contributed by atoms with Crippen molar-refractivity contribution in [2.24, 2.45) is 0 Å². The van der Waals surface area contributed by atoms with Crippen LogP contribution >= 0.6 is 0 Å². The summed E-state index contributed by atoms with van der Waals surface area (Å²) in [6.07, 6.45) is 5.42. The second-order valence-electron chi connectivity index (χ2n) is 7.96. The molecule has 1 saturated heterocycles. The molecular formula is C27H26N2O4. The van der Waals surface area contributed by atoms with Crippen molar-refractivity contribution in [3.63, 3.8) is 0 Å². The van der Waals surface area contributed by atoms with Gasteiger partial charge in [0.25, 0.3) is 5.91 Å². The molecule has 2 atom stereocenters. The molecule has 0 unspecified atom stereocenters. The molecule has 2 heterocycles. The lowest BCUT2D eigenvalue weighted by Gasteiger charge is -2.36. The van der Waals surface area contributed by atoms with Gasteiger partial charge in [0.2, 0.25) is 5.78 Å². The van der Waals surface area contributed by atoms with Crippen molar-refractivity contribution in [1.82, 2.24) is 9.88 Å². The van der Waals surface area contributed by atoms with Gasteiger partial charge in [-0.3, -0.25) is 14.6 Å². The number of carbonyl (C=O) groups is 2. The maximum Gasteiger partial charge on any atom is 0.291 e. The van der Waals surface area contributed by atoms with Crippen molar-refractivity contribution in [1.29, 1.82) is 0 Å². The number of pyridine rings is 1. The summed E-state index contributed by atoms with van der Waals surface area (Å²) in [5.74, 6) is 0.247. The smallest absolute Gasteiger partial charge is 0.291 e. The average Bonchev–Trinajstić information content (AvgIpc) is 3.07. The fraction of sp³-hybridized carbons (Fsp3) is 0.222. The van der Waals surface area contributed by atoms with E-state index in [-0.39, 0.29) is 6.54 Å². The van der Waals surface area contributed by atoms with E-state index in [1.54, 1.807) is 43.7 Å². The van der Waals surface area contributed by atoms with E-state index in [1.807, 2.05) is 54.6 Å². The largest absolute Gasteiger partial charge is 0.497 e. The second kappa shape index (κ2) is 9.28. The quantitative estimate of drug-likeness (QED) is 0.385.